The molecule has 10 nitrogen and oxygen atoms in total. The summed E-state index contributed by atoms with van der Waals surface area (Å²) in [5, 5.41) is 9.31. The molecule has 10 heteroatoms. The molecule has 0 spiro atoms. The zero-order valence-corrected chi connectivity index (χ0v) is 20.4. The van der Waals surface area contributed by atoms with Gasteiger partial charge in [-0.1, -0.05) is 0 Å². The number of hydrogen-bond donors (Lipinski definition) is 1. The first-order chi connectivity index (χ1) is 17.4. The summed E-state index contributed by atoms with van der Waals surface area (Å²) in [6.07, 6.45) is 1.52. The molecule has 4 rings (SSSR count). The van der Waals surface area contributed by atoms with Crippen molar-refractivity contribution in [2.45, 2.75) is 0 Å². The highest BCUT2D eigenvalue weighted by molar-refractivity contribution is 5.96. The van der Waals surface area contributed by atoms with E-state index in [0.717, 1.165) is 5.69 Å². The van der Waals surface area contributed by atoms with Crippen molar-refractivity contribution < 1.29 is 23.8 Å². The maximum atomic E-state index is 13.1. The number of nitriles is 1. The van der Waals surface area contributed by atoms with E-state index in [-0.39, 0.29) is 22.9 Å². The minimum absolute atomic E-state index is 0.0731. The second-order valence-corrected chi connectivity index (χ2v) is 8.18. The summed E-state index contributed by atoms with van der Waals surface area (Å²) < 4.78 is 17.0. The van der Waals surface area contributed by atoms with Crippen LogP contribution in [0, 0.1) is 11.3 Å². The Bertz CT molecular complexity index is 1300. The Balaban J connectivity index is 1.47. The van der Waals surface area contributed by atoms with E-state index >= 15 is 0 Å². The van der Waals surface area contributed by atoms with Crippen molar-refractivity contribution >= 4 is 23.3 Å². The Morgan fingerprint density at radius 1 is 0.917 bits per heavy atom. The van der Waals surface area contributed by atoms with Crippen LogP contribution in [0.1, 0.15) is 26.4 Å². The number of rotatable bonds is 6. The number of aromatic nitrogens is 1. The van der Waals surface area contributed by atoms with Crippen molar-refractivity contribution in [2.75, 3.05) is 58.1 Å². The van der Waals surface area contributed by atoms with E-state index in [9.17, 15) is 14.9 Å². The van der Waals surface area contributed by atoms with Crippen LogP contribution >= 0.6 is 0 Å². The number of hydrogen-bond acceptors (Lipinski definition) is 8. The number of amides is 1. The normalized spacial score (nSPS) is 13.2. The first-order valence-electron chi connectivity index (χ1n) is 11.3. The van der Waals surface area contributed by atoms with Gasteiger partial charge in [0.15, 0.2) is 5.69 Å². The molecule has 0 atom stereocenters. The molecule has 2 aromatic carbocycles. The molecule has 0 radical (unpaired) electrons. The molecule has 1 aliphatic rings. The predicted molar refractivity (Wildman–Crippen MR) is 134 cm³/mol. The molecule has 1 amide bonds. The Kier molecular flexibility index (Phi) is 7.01. The van der Waals surface area contributed by atoms with Crippen LogP contribution in [0.25, 0.3) is 5.69 Å². The molecule has 0 bridgehead atoms. The van der Waals surface area contributed by atoms with E-state index in [1.54, 1.807) is 37.0 Å². The van der Waals surface area contributed by atoms with Gasteiger partial charge in [0.25, 0.3) is 5.91 Å². The average molecular weight is 490 g/mol. The summed E-state index contributed by atoms with van der Waals surface area (Å²) in [5.74, 6) is 0.444. The van der Waals surface area contributed by atoms with Gasteiger partial charge in [0, 0.05) is 55.4 Å². The summed E-state index contributed by atoms with van der Waals surface area (Å²) >= 11 is 0. The van der Waals surface area contributed by atoms with Gasteiger partial charge in [-0.3, -0.25) is 4.79 Å². The summed E-state index contributed by atoms with van der Waals surface area (Å²) in [7, 11) is 4.37. The van der Waals surface area contributed by atoms with E-state index in [1.807, 2.05) is 35.2 Å². The fourth-order valence-corrected chi connectivity index (χ4v) is 4.22. The monoisotopic (exact) mass is 489 g/mol. The van der Waals surface area contributed by atoms with Crippen molar-refractivity contribution in [3.8, 4) is 23.3 Å². The van der Waals surface area contributed by atoms with Gasteiger partial charge >= 0.3 is 5.97 Å². The fraction of sp³-hybridized carbons (Fsp3) is 0.269. The third-order valence-electron chi connectivity index (χ3n) is 6.20. The van der Waals surface area contributed by atoms with E-state index in [0.29, 0.717) is 48.9 Å². The lowest BCUT2D eigenvalue weighted by Gasteiger charge is -2.36. The highest BCUT2D eigenvalue weighted by Crippen LogP contribution is 2.27. The number of anilines is 2. The predicted octanol–water partition coefficient (Wildman–Crippen LogP) is 2.70. The molecule has 1 fully saturated rings. The van der Waals surface area contributed by atoms with E-state index in [1.165, 1.54) is 13.3 Å². The number of carbonyl (C=O) groups is 2. The van der Waals surface area contributed by atoms with Crippen LogP contribution in [0.5, 0.6) is 11.5 Å². The van der Waals surface area contributed by atoms with Crippen LogP contribution in [-0.4, -0.2) is 68.9 Å². The highest BCUT2D eigenvalue weighted by Gasteiger charge is 2.24. The maximum absolute atomic E-state index is 13.1. The smallest absolute Gasteiger partial charge is 0.357 e. The number of piperazine rings is 1. The quantitative estimate of drug-likeness (QED) is 0.525. The Hall–Kier alpha value is -4.65. The van der Waals surface area contributed by atoms with Crippen LogP contribution in [-0.2, 0) is 4.74 Å². The average Bonchev–Trinajstić information content (AvgIpc) is 3.28. The molecule has 1 saturated heterocycles. The highest BCUT2D eigenvalue weighted by atomic mass is 16.5. The van der Waals surface area contributed by atoms with Gasteiger partial charge in [-0.15, -0.1) is 0 Å². The topological polar surface area (TPSA) is 123 Å². The fourth-order valence-electron chi connectivity index (χ4n) is 4.22. The van der Waals surface area contributed by atoms with Crippen molar-refractivity contribution in [1.29, 1.82) is 5.26 Å². The summed E-state index contributed by atoms with van der Waals surface area (Å²) in [6.45, 7) is 2.45. The first kappa shape index (κ1) is 24.5. The Labute approximate surface area is 209 Å². The first-order valence-corrected chi connectivity index (χ1v) is 11.3. The molecule has 186 valence electrons. The maximum Gasteiger partial charge on any atom is 0.357 e. The summed E-state index contributed by atoms with van der Waals surface area (Å²) in [5.41, 5.74) is 8.57. The van der Waals surface area contributed by atoms with Crippen molar-refractivity contribution in [1.82, 2.24) is 9.47 Å². The zero-order chi connectivity index (χ0) is 25.8. The lowest BCUT2D eigenvalue weighted by Crippen LogP contribution is -2.48. The number of carbonyl (C=O) groups excluding carboxylic acids is 2. The van der Waals surface area contributed by atoms with Gasteiger partial charge in [-0.25, -0.2) is 4.79 Å². The molecular formula is C26H27N5O5. The van der Waals surface area contributed by atoms with Crippen molar-refractivity contribution in [3.63, 3.8) is 0 Å². The van der Waals surface area contributed by atoms with Crippen LogP contribution in [0.15, 0.2) is 48.7 Å². The minimum Gasteiger partial charge on any atom is -0.497 e. The second kappa shape index (κ2) is 10.3. The summed E-state index contributed by atoms with van der Waals surface area (Å²) in [6, 6.07) is 14.7. The molecule has 1 aliphatic heterocycles. The molecule has 0 unspecified atom stereocenters. The van der Waals surface area contributed by atoms with Crippen molar-refractivity contribution in [3.05, 3.63) is 65.5 Å². The standard InChI is InChI=1S/C26H27N5O5/c1-34-21-12-17(13-22(14-21)35-2)25(32)30-10-8-29(9-11-30)19-4-6-20(7-5-19)31-16-18(15-27)23(28)24(31)26(33)36-3/h4-7,12-14,16H,8-11,28H2,1-3H3. The zero-order valence-electron chi connectivity index (χ0n) is 20.4. The van der Waals surface area contributed by atoms with E-state index in [4.69, 9.17) is 19.9 Å². The van der Waals surface area contributed by atoms with E-state index < -0.39 is 5.97 Å². The molecule has 3 aromatic rings. The minimum atomic E-state index is -0.618. The molecule has 36 heavy (non-hydrogen) atoms. The lowest BCUT2D eigenvalue weighted by atomic mass is 10.1. The summed E-state index contributed by atoms with van der Waals surface area (Å²) in [4.78, 5) is 29.3. The van der Waals surface area contributed by atoms with Gasteiger partial charge in [0.2, 0.25) is 0 Å². The third kappa shape index (κ3) is 4.63. The molecule has 2 N–H and O–H groups in total. The number of nitrogens with zero attached hydrogens (tertiary/aromatic N) is 4. The van der Waals surface area contributed by atoms with Gasteiger partial charge in [0.05, 0.1) is 32.6 Å². The number of nitrogen functional groups attached to an aromatic ring is 1. The third-order valence-corrected chi connectivity index (χ3v) is 6.20. The van der Waals surface area contributed by atoms with Crippen LogP contribution < -0.4 is 20.1 Å². The van der Waals surface area contributed by atoms with Crippen LogP contribution in [0.3, 0.4) is 0 Å². The molecule has 1 aromatic heterocycles. The van der Waals surface area contributed by atoms with E-state index in [2.05, 4.69) is 4.90 Å². The number of ether oxygens (including phenoxy) is 3. The van der Waals surface area contributed by atoms with Gasteiger partial charge < -0.3 is 34.3 Å². The molecule has 0 saturated carbocycles. The Morgan fingerprint density at radius 3 is 2.03 bits per heavy atom. The Morgan fingerprint density at radius 2 is 1.50 bits per heavy atom. The number of methoxy groups -OCH3 is 3. The molecule has 2 heterocycles. The van der Waals surface area contributed by atoms with Crippen LogP contribution in [0.4, 0.5) is 11.4 Å². The van der Waals surface area contributed by atoms with Gasteiger partial charge in [-0.05, 0) is 36.4 Å². The van der Waals surface area contributed by atoms with Gasteiger partial charge in [0.1, 0.15) is 17.6 Å². The molecule has 0 aliphatic carbocycles. The SMILES string of the molecule is COC(=O)c1c(N)c(C#N)cn1-c1ccc(N2CCN(C(=O)c3cc(OC)cc(OC)c3)CC2)cc1. The lowest BCUT2D eigenvalue weighted by molar-refractivity contribution is 0.0592. The second-order valence-electron chi connectivity index (χ2n) is 8.18. The largest absolute Gasteiger partial charge is 0.497 e. The number of nitrogens with two attached hydrogens (primary N) is 1. The number of esters is 1. The number of benzene rings is 2. The van der Waals surface area contributed by atoms with Crippen molar-refractivity contribution in [2.24, 2.45) is 0 Å². The van der Waals surface area contributed by atoms with Gasteiger partial charge in [-0.2, -0.15) is 5.26 Å². The van der Waals surface area contributed by atoms with Crippen LogP contribution in [0.2, 0.25) is 0 Å². The molecular weight excluding hydrogens is 462 g/mol.